The highest BCUT2D eigenvalue weighted by Crippen LogP contribution is 2.27. The first kappa shape index (κ1) is 13.4. The molecule has 98 valence electrons. The number of carbonyl (C=O) groups is 1. The van der Waals surface area contributed by atoms with E-state index in [1.165, 1.54) is 0 Å². The Labute approximate surface area is 113 Å². The van der Waals surface area contributed by atoms with E-state index in [4.69, 9.17) is 5.73 Å². The first-order chi connectivity index (χ1) is 8.67. The molecule has 0 aliphatic carbocycles. The van der Waals surface area contributed by atoms with Crippen LogP contribution in [0.3, 0.4) is 0 Å². The molecule has 0 radical (unpaired) electrons. The third kappa shape index (κ3) is 2.54. The molecule has 0 aromatic heterocycles. The van der Waals surface area contributed by atoms with Crippen LogP contribution in [0.15, 0.2) is 29.2 Å². The number of hydrogen-bond acceptors (Lipinski definition) is 3. The number of carbonyl (C=O) groups excluding carboxylic acids is 1. The molecule has 2 unspecified atom stereocenters. The van der Waals surface area contributed by atoms with Gasteiger partial charge in [0.2, 0.25) is 0 Å². The van der Waals surface area contributed by atoms with E-state index in [1.807, 2.05) is 35.4 Å². The molecule has 0 spiro atoms. The number of amides is 1. The van der Waals surface area contributed by atoms with E-state index < -0.39 is 0 Å². The fraction of sp³-hybridized carbons (Fsp3) is 0.500. The summed E-state index contributed by atoms with van der Waals surface area (Å²) in [6.45, 7) is 3.56. The van der Waals surface area contributed by atoms with Crippen LogP contribution in [0.4, 0.5) is 0 Å². The van der Waals surface area contributed by atoms with E-state index in [0.29, 0.717) is 18.5 Å². The van der Waals surface area contributed by atoms with Gasteiger partial charge in [-0.1, -0.05) is 12.1 Å². The number of likely N-dealkylation sites (tertiary alicyclic amines) is 1. The number of hydrogen-bond donors (Lipinski definition) is 1. The molecule has 1 aliphatic heterocycles. The minimum Gasteiger partial charge on any atom is -0.336 e. The molecule has 3 nitrogen and oxygen atoms in total. The van der Waals surface area contributed by atoms with Gasteiger partial charge in [-0.25, -0.2) is 0 Å². The molecule has 1 saturated heterocycles. The van der Waals surface area contributed by atoms with Crippen LogP contribution >= 0.6 is 11.8 Å². The van der Waals surface area contributed by atoms with Gasteiger partial charge in [0.05, 0.1) is 5.56 Å². The van der Waals surface area contributed by atoms with Gasteiger partial charge in [0.15, 0.2) is 0 Å². The summed E-state index contributed by atoms with van der Waals surface area (Å²) in [5.74, 6) is 0.591. The molecule has 18 heavy (non-hydrogen) atoms. The highest BCUT2D eigenvalue weighted by Gasteiger charge is 2.32. The summed E-state index contributed by atoms with van der Waals surface area (Å²) in [5.41, 5.74) is 6.53. The van der Waals surface area contributed by atoms with Crippen LogP contribution in [0, 0.1) is 5.92 Å². The van der Waals surface area contributed by atoms with Crippen LogP contribution in [0.25, 0.3) is 0 Å². The zero-order valence-electron chi connectivity index (χ0n) is 10.9. The quantitative estimate of drug-likeness (QED) is 0.852. The minimum absolute atomic E-state index is 0.142. The Kier molecular flexibility index (Phi) is 4.30. The van der Waals surface area contributed by atoms with Crippen molar-refractivity contribution < 1.29 is 4.79 Å². The number of benzene rings is 1. The van der Waals surface area contributed by atoms with Crippen LogP contribution in [0.1, 0.15) is 23.7 Å². The maximum Gasteiger partial charge on any atom is 0.255 e. The minimum atomic E-state index is 0.142. The van der Waals surface area contributed by atoms with Crippen LogP contribution in [0.2, 0.25) is 0 Å². The SMILES string of the molecule is CSc1ccccc1C(=O)N1CC(CN)CC1C. The fourth-order valence-electron chi connectivity index (χ4n) is 2.57. The Morgan fingerprint density at radius 2 is 2.22 bits per heavy atom. The van der Waals surface area contributed by atoms with Crippen molar-refractivity contribution in [3.63, 3.8) is 0 Å². The third-order valence-corrected chi connectivity index (χ3v) is 4.39. The maximum atomic E-state index is 12.6. The maximum absolute atomic E-state index is 12.6. The van der Waals surface area contributed by atoms with Crippen molar-refractivity contribution in [1.82, 2.24) is 4.90 Å². The number of nitrogens with two attached hydrogens (primary N) is 1. The molecule has 0 saturated carbocycles. The fourth-order valence-corrected chi connectivity index (χ4v) is 3.16. The van der Waals surface area contributed by atoms with Gasteiger partial charge in [0, 0.05) is 17.5 Å². The second kappa shape index (κ2) is 5.76. The van der Waals surface area contributed by atoms with Gasteiger partial charge in [-0.2, -0.15) is 0 Å². The van der Waals surface area contributed by atoms with Crippen molar-refractivity contribution in [2.24, 2.45) is 11.7 Å². The topological polar surface area (TPSA) is 46.3 Å². The first-order valence-corrected chi connectivity index (χ1v) is 7.54. The van der Waals surface area contributed by atoms with Crippen molar-refractivity contribution in [2.75, 3.05) is 19.3 Å². The zero-order chi connectivity index (χ0) is 13.1. The van der Waals surface area contributed by atoms with Gasteiger partial charge in [-0.05, 0) is 44.2 Å². The Bertz CT molecular complexity index is 436. The molecule has 1 aliphatic rings. The Morgan fingerprint density at radius 1 is 1.50 bits per heavy atom. The van der Waals surface area contributed by atoms with E-state index in [-0.39, 0.29) is 5.91 Å². The molecule has 1 aromatic carbocycles. The lowest BCUT2D eigenvalue weighted by Crippen LogP contribution is -2.34. The second-order valence-corrected chi connectivity index (χ2v) is 5.69. The highest BCUT2D eigenvalue weighted by molar-refractivity contribution is 7.98. The van der Waals surface area contributed by atoms with E-state index in [2.05, 4.69) is 6.92 Å². The van der Waals surface area contributed by atoms with Gasteiger partial charge >= 0.3 is 0 Å². The summed E-state index contributed by atoms with van der Waals surface area (Å²) >= 11 is 1.62. The highest BCUT2D eigenvalue weighted by atomic mass is 32.2. The van der Waals surface area contributed by atoms with Crippen LogP contribution in [0.5, 0.6) is 0 Å². The van der Waals surface area contributed by atoms with Crippen molar-refractivity contribution in [3.8, 4) is 0 Å². The molecular formula is C14H20N2OS. The smallest absolute Gasteiger partial charge is 0.255 e. The van der Waals surface area contributed by atoms with Gasteiger partial charge in [0.25, 0.3) is 5.91 Å². The normalized spacial score (nSPS) is 23.4. The van der Waals surface area contributed by atoms with Crippen molar-refractivity contribution >= 4 is 17.7 Å². The standard InChI is InChI=1S/C14H20N2OS/c1-10-7-11(8-15)9-16(10)14(17)12-5-3-4-6-13(12)18-2/h3-6,10-11H,7-9,15H2,1-2H3. The molecule has 1 amide bonds. The molecule has 4 heteroatoms. The first-order valence-electron chi connectivity index (χ1n) is 6.31. The zero-order valence-corrected chi connectivity index (χ0v) is 11.7. The molecule has 1 aromatic rings. The van der Waals surface area contributed by atoms with Gasteiger partial charge < -0.3 is 10.6 Å². The number of rotatable bonds is 3. The van der Waals surface area contributed by atoms with Crippen LogP contribution in [-0.4, -0.2) is 36.2 Å². The van der Waals surface area contributed by atoms with E-state index >= 15 is 0 Å². The van der Waals surface area contributed by atoms with E-state index in [0.717, 1.165) is 23.4 Å². The van der Waals surface area contributed by atoms with Gasteiger partial charge in [0.1, 0.15) is 0 Å². The van der Waals surface area contributed by atoms with Gasteiger partial charge in [-0.15, -0.1) is 11.8 Å². The number of thioether (sulfide) groups is 1. The molecule has 2 rings (SSSR count). The average molecular weight is 264 g/mol. The summed E-state index contributed by atoms with van der Waals surface area (Å²) in [4.78, 5) is 15.6. The Balaban J connectivity index is 2.21. The molecule has 2 atom stereocenters. The lowest BCUT2D eigenvalue weighted by molar-refractivity contribution is 0.0740. The second-order valence-electron chi connectivity index (χ2n) is 4.84. The summed E-state index contributed by atoms with van der Waals surface area (Å²) in [6, 6.07) is 8.10. The van der Waals surface area contributed by atoms with Crippen LogP contribution < -0.4 is 5.73 Å². The lowest BCUT2D eigenvalue weighted by Gasteiger charge is -2.22. The van der Waals surface area contributed by atoms with Crippen LogP contribution in [-0.2, 0) is 0 Å². The summed E-state index contributed by atoms with van der Waals surface area (Å²) in [5, 5.41) is 0. The lowest BCUT2D eigenvalue weighted by atomic mass is 10.1. The predicted octanol–water partition coefficient (Wildman–Crippen LogP) is 2.22. The predicted molar refractivity (Wildman–Crippen MR) is 75.9 cm³/mol. The molecule has 1 heterocycles. The monoisotopic (exact) mass is 264 g/mol. The van der Waals surface area contributed by atoms with E-state index in [9.17, 15) is 4.79 Å². The van der Waals surface area contributed by atoms with E-state index in [1.54, 1.807) is 11.8 Å². The average Bonchev–Trinajstić information content (AvgIpc) is 2.79. The Morgan fingerprint density at radius 3 is 2.83 bits per heavy atom. The molecule has 0 bridgehead atoms. The number of nitrogens with zero attached hydrogens (tertiary/aromatic N) is 1. The van der Waals surface area contributed by atoms with Gasteiger partial charge in [-0.3, -0.25) is 4.79 Å². The van der Waals surface area contributed by atoms with Crippen molar-refractivity contribution in [3.05, 3.63) is 29.8 Å². The van der Waals surface area contributed by atoms with Crippen molar-refractivity contribution in [2.45, 2.75) is 24.3 Å². The molecule has 1 fully saturated rings. The Hall–Kier alpha value is -1.00. The summed E-state index contributed by atoms with van der Waals surface area (Å²) in [6.07, 6.45) is 3.02. The summed E-state index contributed by atoms with van der Waals surface area (Å²) in [7, 11) is 0. The third-order valence-electron chi connectivity index (χ3n) is 3.59. The molecular weight excluding hydrogens is 244 g/mol. The van der Waals surface area contributed by atoms with Crippen molar-refractivity contribution in [1.29, 1.82) is 0 Å². The molecule has 2 N–H and O–H groups in total. The summed E-state index contributed by atoms with van der Waals surface area (Å²) < 4.78 is 0. The largest absolute Gasteiger partial charge is 0.336 e.